The molecule has 0 aliphatic carbocycles. The number of H-pyrrole nitrogens is 1. The highest BCUT2D eigenvalue weighted by molar-refractivity contribution is 5.66. The Labute approximate surface area is 166 Å². The Morgan fingerprint density at radius 3 is 2.57 bits per heavy atom. The van der Waals surface area contributed by atoms with Gasteiger partial charge in [0.2, 0.25) is 5.56 Å². The van der Waals surface area contributed by atoms with Gasteiger partial charge in [-0.2, -0.15) is 0 Å². The minimum Gasteiger partial charge on any atom is -0.370 e. The molecule has 0 amide bonds. The van der Waals surface area contributed by atoms with E-state index >= 15 is 0 Å². The van der Waals surface area contributed by atoms with Gasteiger partial charge in [-0.3, -0.25) is 4.79 Å². The predicted molar refractivity (Wildman–Crippen MR) is 116 cm³/mol. The maximum atomic E-state index is 11.7. The second kappa shape index (κ2) is 8.44. The lowest BCUT2D eigenvalue weighted by Crippen LogP contribution is -2.32. The maximum absolute atomic E-state index is 11.7. The predicted octanol–water partition coefficient (Wildman–Crippen LogP) is 3.97. The third kappa shape index (κ3) is 4.18. The van der Waals surface area contributed by atoms with Crippen molar-refractivity contribution >= 4 is 5.69 Å². The van der Waals surface area contributed by atoms with Crippen molar-refractivity contribution in [3.63, 3.8) is 0 Å². The van der Waals surface area contributed by atoms with Gasteiger partial charge in [-0.05, 0) is 41.7 Å². The van der Waals surface area contributed by atoms with Crippen LogP contribution in [0.1, 0.15) is 24.5 Å². The van der Waals surface area contributed by atoms with Crippen molar-refractivity contribution in [2.24, 2.45) is 0 Å². The summed E-state index contributed by atoms with van der Waals surface area (Å²) in [5.74, 6) is 0. The highest BCUT2D eigenvalue weighted by Crippen LogP contribution is 2.26. The molecule has 4 nitrogen and oxygen atoms in total. The Hall–Kier alpha value is -2.85. The molecular weight excluding hydrogens is 346 g/mol. The summed E-state index contributed by atoms with van der Waals surface area (Å²) >= 11 is 0. The largest absolute Gasteiger partial charge is 0.370 e. The molecule has 1 saturated heterocycles. The summed E-state index contributed by atoms with van der Waals surface area (Å²) < 4.78 is 0. The summed E-state index contributed by atoms with van der Waals surface area (Å²) in [5.41, 5.74) is 5.68. The lowest BCUT2D eigenvalue weighted by atomic mass is 10.0. The first-order valence-electron chi connectivity index (χ1n) is 10.1. The molecule has 3 aromatic rings. The number of anilines is 1. The molecular formula is C24H27N3O. The Morgan fingerprint density at radius 1 is 1.04 bits per heavy atom. The van der Waals surface area contributed by atoms with Crippen LogP contribution in [0.25, 0.3) is 11.3 Å². The molecule has 1 atom stereocenters. The zero-order valence-corrected chi connectivity index (χ0v) is 16.3. The zero-order valence-electron chi connectivity index (χ0n) is 16.3. The molecule has 0 bridgehead atoms. The first kappa shape index (κ1) is 18.5. The minimum atomic E-state index is -0.0526. The van der Waals surface area contributed by atoms with Gasteiger partial charge < -0.3 is 15.2 Å². The monoisotopic (exact) mass is 373 g/mol. The minimum absolute atomic E-state index is 0.0526. The fourth-order valence-electron chi connectivity index (χ4n) is 3.92. The molecule has 144 valence electrons. The van der Waals surface area contributed by atoms with Gasteiger partial charge in [0.25, 0.3) is 0 Å². The summed E-state index contributed by atoms with van der Waals surface area (Å²) in [5, 5.41) is 3.67. The molecule has 4 rings (SSSR count). The molecule has 28 heavy (non-hydrogen) atoms. The molecule has 1 aliphatic rings. The maximum Gasteiger partial charge on any atom is 0.248 e. The molecule has 2 N–H and O–H groups in total. The summed E-state index contributed by atoms with van der Waals surface area (Å²) in [4.78, 5) is 17.2. The van der Waals surface area contributed by atoms with E-state index in [1.807, 2.05) is 6.07 Å². The number of hydrogen-bond acceptors (Lipinski definition) is 3. The molecule has 2 aromatic carbocycles. The molecule has 1 aliphatic heterocycles. The van der Waals surface area contributed by atoms with E-state index in [1.54, 1.807) is 6.07 Å². The first-order chi connectivity index (χ1) is 13.7. The van der Waals surface area contributed by atoms with Crippen molar-refractivity contribution in [2.75, 3.05) is 18.0 Å². The molecule has 2 heterocycles. The summed E-state index contributed by atoms with van der Waals surface area (Å²) in [6.07, 6.45) is 2.05. The van der Waals surface area contributed by atoms with Gasteiger partial charge in [0.05, 0.1) is 5.69 Å². The summed E-state index contributed by atoms with van der Waals surface area (Å²) in [7, 11) is 0. The van der Waals surface area contributed by atoms with Crippen molar-refractivity contribution in [3.05, 3.63) is 88.2 Å². The highest BCUT2D eigenvalue weighted by atomic mass is 16.1. The number of rotatable bonds is 6. The summed E-state index contributed by atoms with van der Waals surface area (Å²) in [6.45, 7) is 5.11. The van der Waals surface area contributed by atoms with E-state index in [9.17, 15) is 4.79 Å². The molecule has 1 aromatic heterocycles. The van der Waals surface area contributed by atoms with Crippen molar-refractivity contribution < 1.29 is 0 Å². The number of nitrogens with zero attached hydrogens (tertiary/aromatic N) is 1. The third-order valence-corrected chi connectivity index (χ3v) is 5.53. The van der Waals surface area contributed by atoms with E-state index in [0.29, 0.717) is 6.04 Å². The number of pyridine rings is 1. The quantitative estimate of drug-likeness (QED) is 0.687. The Bertz CT molecular complexity index is 963. The van der Waals surface area contributed by atoms with Crippen molar-refractivity contribution in [3.8, 4) is 11.3 Å². The van der Waals surface area contributed by atoms with Gasteiger partial charge in [-0.25, -0.2) is 0 Å². The normalized spacial score (nSPS) is 16.5. The number of aromatic amines is 1. The average molecular weight is 374 g/mol. The van der Waals surface area contributed by atoms with Crippen molar-refractivity contribution in [1.82, 2.24) is 10.3 Å². The van der Waals surface area contributed by atoms with Gasteiger partial charge in [0.15, 0.2) is 0 Å². The molecule has 1 fully saturated rings. The van der Waals surface area contributed by atoms with Crippen LogP contribution in [0.2, 0.25) is 0 Å². The van der Waals surface area contributed by atoms with E-state index < -0.39 is 0 Å². The molecule has 1 unspecified atom stereocenters. The number of hydrogen-bond donors (Lipinski definition) is 2. The summed E-state index contributed by atoms with van der Waals surface area (Å²) in [6, 6.07) is 23.2. The lowest BCUT2D eigenvalue weighted by Gasteiger charge is -2.20. The number of nitrogens with one attached hydrogen (secondary N) is 2. The van der Waals surface area contributed by atoms with Crippen LogP contribution in [-0.2, 0) is 13.0 Å². The van der Waals surface area contributed by atoms with E-state index in [0.717, 1.165) is 43.7 Å². The average Bonchev–Trinajstić information content (AvgIpc) is 3.22. The van der Waals surface area contributed by atoms with Gasteiger partial charge in [0.1, 0.15) is 0 Å². The van der Waals surface area contributed by atoms with Crippen LogP contribution < -0.4 is 15.8 Å². The van der Waals surface area contributed by atoms with Gasteiger partial charge in [-0.15, -0.1) is 0 Å². The van der Waals surface area contributed by atoms with Crippen LogP contribution >= 0.6 is 0 Å². The van der Waals surface area contributed by atoms with Crippen LogP contribution in [0.5, 0.6) is 0 Å². The van der Waals surface area contributed by atoms with E-state index in [1.165, 1.54) is 16.8 Å². The Morgan fingerprint density at radius 2 is 1.82 bits per heavy atom. The number of aryl methyl sites for hydroxylation is 1. The van der Waals surface area contributed by atoms with Crippen LogP contribution in [-0.4, -0.2) is 24.1 Å². The lowest BCUT2D eigenvalue weighted by molar-refractivity contribution is 0.551. The smallest absolute Gasteiger partial charge is 0.248 e. The zero-order chi connectivity index (χ0) is 19.3. The second-order valence-electron chi connectivity index (χ2n) is 7.42. The SMILES string of the molecule is CCc1ccc(=O)[nH]c1-c1ccc(N2CCC(NCc3ccccc3)C2)cc1. The van der Waals surface area contributed by atoms with Gasteiger partial charge >= 0.3 is 0 Å². The van der Waals surface area contributed by atoms with E-state index in [2.05, 4.69) is 76.7 Å². The van der Waals surface area contributed by atoms with Crippen LogP contribution in [0.3, 0.4) is 0 Å². The topological polar surface area (TPSA) is 48.1 Å². The van der Waals surface area contributed by atoms with E-state index in [4.69, 9.17) is 0 Å². The van der Waals surface area contributed by atoms with Crippen molar-refractivity contribution in [2.45, 2.75) is 32.4 Å². The Kier molecular flexibility index (Phi) is 5.58. The highest BCUT2D eigenvalue weighted by Gasteiger charge is 2.22. The molecule has 0 spiro atoms. The second-order valence-corrected chi connectivity index (χ2v) is 7.42. The van der Waals surface area contributed by atoms with Crippen LogP contribution in [0.15, 0.2) is 71.5 Å². The van der Waals surface area contributed by atoms with Crippen LogP contribution in [0.4, 0.5) is 5.69 Å². The van der Waals surface area contributed by atoms with Crippen LogP contribution in [0, 0.1) is 0 Å². The van der Waals surface area contributed by atoms with Gasteiger partial charge in [-0.1, -0.05) is 55.5 Å². The first-order valence-corrected chi connectivity index (χ1v) is 10.1. The fraction of sp³-hybridized carbons (Fsp3) is 0.292. The Balaban J connectivity index is 1.41. The van der Waals surface area contributed by atoms with E-state index in [-0.39, 0.29) is 5.56 Å². The molecule has 0 saturated carbocycles. The third-order valence-electron chi connectivity index (χ3n) is 5.53. The number of aromatic nitrogens is 1. The van der Waals surface area contributed by atoms with Crippen molar-refractivity contribution in [1.29, 1.82) is 0 Å². The molecule has 0 radical (unpaired) electrons. The number of benzene rings is 2. The van der Waals surface area contributed by atoms with Gasteiger partial charge in [0, 0.05) is 37.4 Å². The standard InChI is InChI=1S/C24H27N3O/c1-2-19-10-13-23(28)26-24(19)20-8-11-22(12-9-20)27-15-14-21(17-27)25-16-18-6-4-3-5-7-18/h3-13,21,25H,2,14-17H2,1H3,(H,26,28). The fourth-order valence-corrected chi connectivity index (χ4v) is 3.92. The molecule has 4 heteroatoms.